The summed E-state index contributed by atoms with van der Waals surface area (Å²) in [4.78, 5) is 4.25. The summed E-state index contributed by atoms with van der Waals surface area (Å²) in [5.74, 6) is 0. The van der Waals surface area contributed by atoms with E-state index < -0.39 is 0 Å². The summed E-state index contributed by atoms with van der Waals surface area (Å²) in [6, 6.07) is 11.1. The van der Waals surface area contributed by atoms with E-state index in [1.807, 2.05) is 12.3 Å². The van der Waals surface area contributed by atoms with Gasteiger partial charge in [-0.1, -0.05) is 12.1 Å². The lowest BCUT2D eigenvalue weighted by atomic mass is 10.1. The molecule has 2 heterocycles. The van der Waals surface area contributed by atoms with Gasteiger partial charge in [0.15, 0.2) is 5.65 Å². The van der Waals surface area contributed by atoms with Crippen molar-refractivity contribution in [3.8, 4) is 0 Å². The van der Waals surface area contributed by atoms with Crippen molar-refractivity contribution in [2.45, 2.75) is 25.8 Å². The van der Waals surface area contributed by atoms with Crippen molar-refractivity contribution < 1.29 is 0 Å². The second-order valence-corrected chi connectivity index (χ2v) is 6.45. The molecular formula is C16H17IN4. The maximum Gasteiger partial charge on any atom is 0.157 e. The van der Waals surface area contributed by atoms with Crippen LogP contribution >= 0.6 is 22.6 Å². The Balaban J connectivity index is 1.62. The minimum Gasteiger partial charge on any atom is -0.382 e. The van der Waals surface area contributed by atoms with Gasteiger partial charge >= 0.3 is 0 Å². The van der Waals surface area contributed by atoms with Crippen molar-refractivity contribution in [1.82, 2.24) is 15.2 Å². The third-order valence-electron chi connectivity index (χ3n) is 3.54. The lowest BCUT2D eigenvalue weighted by Gasteiger charge is -2.15. The van der Waals surface area contributed by atoms with E-state index >= 15 is 0 Å². The fraction of sp³-hybridized carbons (Fsp3) is 0.250. The normalized spacial score (nSPS) is 12.5. The number of fused-ring (bicyclic) bond motifs is 1. The number of pyridine rings is 1. The quantitative estimate of drug-likeness (QED) is 0.646. The first kappa shape index (κ1) is 14.3. The van der Waals surface area contributed by atoms with Crippen molar-refractivity contribution in [2.75, 3.05) is 5.32 Å². The average molecular weight is 392 g/mol. The minimum atomic E-state index is 0.393. The van der Waals surface area contributed by atoms with E-state index in [1.54, 1.807) is 6.20 Å². The molecule has 0 aliphatic carbocycles. The number of nitrogens with zero attached hydrogens (tertiary/aromatic N) is 2. The summed E-state index contributed by atoms with van der Waals surface area (Å²) in [6.45, 7) is 2.21. The Bertz CT molecular complexity index is 720. The molecule has 0 aliphatic heterocycles. The van der Waals surface area contributed by atoms with Crippen molar-refractivity contribution in [3.63, 3.8) is 0 Å². The molecule has 3 aromatic rings. The van der Waals surface area contributed by atoms with Crippen LogP contribution in [0.15, 0.2) is 42.7 Å². The number of hydrogen-bond donors (Lipinski definition) is 2. The third-order valence-corrected chi connectivity index (χ3v) is 4.25. The monoisotopic (exact) mass is 392 g/mol. The Hall–Kier alpha value is -1.63. The second-order valence-electron chi connectivity index (χ2n) is 5.20. The Morgan fingerprint density at radius 3 is 2.86 bits per heavy atom. The maximum atomic E-state index is 4.25. The maximum absolute atomic E-state index is 4.25. The number of anilines is 1. The van der Waals surface area contributed by atoms with E-state index in [4.69, 9.17) is 0 Å². The van der Waals surface area contributed by atoms with E-state index in [9.17, 15) is 0 Å². The number of rotatable bonds is 5. The first-order valence-corrected chi connectivity index (χ1v) is 8.09. The Morgan fingerprint density at radius 2 is 2.05 bits per heavy atom. The zero-order valence-electron chi connectivity index (χ0n) is 11.8. The van der Waals surface area contributed by atoms with Gasteiger partial charge in [-0.2, -0.15) is 5.10 Å². The van der Waals surface area contributed by atoms with Crippen LogP contribution in [0.3, 0.4) is 0 Å². The van der Waals surface area contributed by atoms with E-state index in [0.717, 1.165) is 29.6 Å². The van der Waals surface area contributed by atoms with Crippen LogP contribution in [0.4, 0.5) is 5.69 Å². The zero-order chi connectivity index (χ0) is 14.7. The molecule has 2 aromatic heterocycles. The number of nitrogens with one attached hydrogen (secondary N) is 2. The van der Waals surface area contributed by atoms with E-state index in [1.165, 1.54) is 9.13 Å². The third kappa shape index (κ3) is 3.53. The van der Waals surface area contributed by atoms with Crippen LogP contribution in [-0.4, -0.2) is 21.2 Å². The molecule has 1 aromatic carbocycles. The molecule has 108 valence electrons. The molecule has 3 rings (SSSR count). The molecule has 0 saturated carbocycles. The summed E-state index contributed by atoms with van der Waals surface area (Å²) in [6.07, 6.45) is 5.78. The Morgan fingerprint density at radius 1 is 1.24 bits per heavy atom. The molecule has 0 saturated heterocycles. The Kier molecular flexibility index (Phi) is 4.38. The number of H-pyrrole nitrogens is 1. The van der Waals surface area contributed by atoms with E-state index in [0.29, 0.717) is 6.04 Å². The predicted octanol–water partition coefficient (Wildman–Crippen LogP) is 4.00. The second kappa shape index (κ2) is 6.43. The number of benzene rings is 1. The molecule has 5 heteroatoms. The van der Waals surface area contributed by atoms with Crippen LogP contribution in [0.1, 0.15) is 18.9 Å². The SMILES string of the molecule is CC(CCc1ccc(I)cc1)Nc1ccnc2[nH]ncc12. The van der Waals surface area contributed by atoms with Crippen LogP contribution < -0.4 is 5.32 Å². The van der Waals surface area contributed by atoms with E-state index in [2.05, 4.69) is 74.3 Å². The van der Waals surface area contributed by atoms with Gasteiger partial charge in [0.2, 0.25) is 0 Å². The lowest BCUT2D eigenvalue weighted by Crippen LogP contribution is -2.16. The predicted molar refractivity (Wildman–Crippen MR) is 94.5 cm³/mol. The van der Waals surface area contributed by atoms with Crippen molar-refractivity contribution in [1.29, 1.82) is 0 Å². The summed E-state index contributed by atoms with van der Waals surface area (Å²) >= 11 is 2.33. The molecule has 2 N–H and O–H groups in total. The van der Waals surface area contributed by atoms with Crippen molar-refractivity contribution in [3.05, 3.63) is 51.9 Å². The summed E-state index contributed by atoms with van der Waals surface area (Å²) in [5, 5.41) is 11.5. The van der Waals surface area contributed by atoms with Gasteiger partial charge in [-0.25, -0.2) is 4.98 Å². The summed E-state index contributed by atoms with van der Waals surface area (Å²) < 4.78 is 1.28. The summed E-state index contributed by atoms with van der Waals surface area (Å²) in [5.41, 5.74) is 3.29. The van der Waals surface area contributed by atoms with Gasteiger partial charge in [0.1, 0.15) is 0 Å². The molecule has 4 nitrogen and oxygen atoms in total. The van der Waals surface area contributed by atoms with Gasteiger partial charge in [0.05, 0.1) is 11.6 Å². The number of aromatic amines is 1. The molecule has 21 heavy (non-hydrogen) atoms. The fourth-order valence-electron chi connectivity index (χ4n) is 2.35. The van der Waals surface area contributed by atoms with Gasteiger partial charge in [-0.15, -0.1) is 0 Å². The van der Waals surface area contributed by atoms with Gasteiger partial charge < -0.3 is 5.32 Å². The smallest absolute Gasteiger partial charge is 0.157 e. The molecule has 0 amide bonds. The highest BCUT2D eigenvalue weighted by molar-refractivity contribution is 14.1. The highest BCUT2D eigenvalue weighted by atomic mass is 127. The van der Waals surface area contributed by atoms with Gasteiger partial charge in [-0.05, 0) is 66.1 Å². The average Bonchev–Trinajstić information content (AvgIpc) is 2.96. The molecular weight excluding hydrogens is 375 g/mol. The molecule has 0 fully saturated rings. The molecule has 0 radical (unpaired) electrons. The van der Waals surface area contributed by atoms with Gasteiger partial charge in [0, 0.05) is 21.5 Å². The van der Waals surface area contributed by atoms with Crippen LogP contribution in [0.5, 0.6) is 0 Å². The van der Waals surface area contributed by atoms with Gasteiger partial charge in [-0.3, -0.25) is 5.10 Å². The lowest BCUT2D eigenvalue weighted by molar-refractivity contribution is 0.707. The summed E-state index contributed by atoms with van der Waals surface area (Å²) in [7, 11) is 0. The number of aryl methyl sites for hydroxylation is 1. The first-order valence-electron chi connectivity index (χ1n) is 7.01. The van der Waals surface area contributed by atoms with Crippen LogP contribution in [0.2, 0.25) is 0 Å². The highest BCUT2D eigenvalue weighted by Gasteiger charge is 2.07. The standard InChI is InChI=1S/C16H17IN4/c1-11(2-3-12-4-6-13(17)7-5-12)20-15-8-9-18-16-14(15)10-19-21-16/h4-11H,2-3H2,1H3,(H2,18,19,20,21). The largest absolute Gasteiger partial charge is 0.382 e. The number of aromatic nitrogens is 3. The minimum absolute atomic E-state index is 0.393. The molecule has 0 spiro atoms. The molecule has 0 bridgehead atoms. The fourth-order valence-corrected chi connectivity index (χ4v) is 2.71. The first-order chi connectivity index (χ1) is 10.2. The zero-order valence-corrected chi connectivity index (χ0v) is 14.0. The molecule has 1 atom stereocenters. The van der Waals surface area contributed by atoms with Gasteiger partial charge in [0.25, 0.3) is 0 Å². The van der Waals surface area contributed by atoms with Crippen LogP contribution in [0.25, 0.3) is 11.0 Å². The highest BCUT2D eigenvalue weighted by Crippen LogP contribution is 2.20. The van der Waals surface area contributed by atoms with Crippen LogP contribution in [0, 0.1) is 3.57 Å². The number of halogens is 1. The molecule has 0 aliphatic rings. The topological polar surface area (TPSA) is 53.6 Å². The van der Waals surface area contributed by atoms with E-state index in [-0.39, 0.29) is 0 Å². The van der Waals surface area contributed by atoms with Crippen molar-refractivity contribution in [2.24, 2.45) is 0 Å². The Labute approximate surface area is 137 Å². The van der Waals surface area contributed by atoms with Crippen molar-refractivity contribution >= 4 is 39.3 Å². The van der Waals surface area contributed by atoms with Crippen LogP contribution in [-0.2, 0) is 6.42 Å². The molecule has 1 unspecified atom stereocenters. The number of hydrogen-bond acceptors (Lipinski definition) is 3.